The van der Waals surface area contributed by atoms with Crippen LogP contribution in [0, 0.1) is 0 Å². The molecule has 3 rings (SSSR count). The van der Waals surface area contributed by atoms with E-state index in [0.717, 1.165) is 37.8 Å². The number of hydrogen-bond donors (Lipinski definition) is 1. The minimum Gasteiger partial charge on any atom is -0.340 e. The largest absolute Gasteiger partial charge is 0.340 e. The standard InChI is InChI=1S/C16H20N2O2/c1-12-14(19)17-16(10-6-3-7-11-16)15(20)18(12)13-8-4-2-5-9-13/h2,4-5,8-9,12H,3,6-7,10-11H2,1H3,(H,17,19). The number of nitrogens with one attached hydrogen (secondary N) is 1. The number of rotatable bonds is 1. The predicted molar refractivity (Wildman–Crippen MR) is 77.3 cm³/mol. The van der Waals surface area contributed by atoms with Crippen molar-refractivity contribution in [2.75, 3.05) is 4.90 Å². The van der Waals surface area contributed by atoms with Gasteiger partial charge in [-0.1, -0.05) is 37.5 Å². The Bertz CT molecular complexity index is 521. The summed E-state index contributed by atoms with van der Waals surface area (Å²) in [4.78, 5) is 26.9. The average molecular weight is 272 g/mol. The molecule has 1 unspecified atom stereocenters. The summed E-state index contributed by atoms with van der Waals surface area (Å²) in [6.45, 7) is 1.79. The van der Waals surface area contributed by atoms with Crippen molar-refractivity contribution in [1.29, 1.82) is 0 Å². The van der Waals surface area contributed by atoms with Gasteiger partial charge in [0.1, 0.15) is 11.6 Å². The maximum absolute atomic E-state index is 13.0. The lowest BCUT2D eigenvalue weighted by molar-refractivity contribution is -0.139. The number of para-hydroxylation sites is 1. The van der Waals surface area contributed by atoms with Crippen molar-refractivity contribution < 1.29 is 9.59 Å². The molecule has 0 radical (unpaired) electrons. The first-order valence-corrected chi connectivity index (χ1v) is 7.35. The minimum absolute atomic E-state index is 0.0460. The van der Waals surface area contributed by atoms with Gasteiger partial charge < -0.3 is 5.32 Å². The van der Waals surface area contributed by atoms with Crippen molar-refractivity contribution in [3.8, 4) is 0 Å². The van der Waals surface area contributed by atoms with Crippen molar-refractivity contribution in [1.82, 2.24) is 5.32 Å². The van der Waals surface area contributed by atoms with Crippen LogP contribution in [0.3, 0.4) is 0 Å². The van der Waals surface area contributed by atoms with Crippen molar-refractivity contribution in [2.24, 2.45) is 0 Å². The first kappa shape index (κ1) is 13.2. The Morgan fingerprint density at radius 3 is 2.40 bits per heavy atom. The number of nitrogens with zero attached hydrogens (tertiary/aromatic N) is 1. The highest BCUT2D eigenvalue weighted by Gasteiger charge is 2.50. The van der Waals surface area contributed by atoms with Crippen molar-refractivity contribution >= 4 is 17.5 Å². The fourth-order valence-corrected chi connectivity index (χ4v) is 3.34. The number of anilines is 1. The zero-order valence-electron chi connectivity index (χ0n) is 11.8. The molecule has 2 fully saturated rings. The lowest BCUT2D eigenvalue weighted by Crippen LogP contribution is -2.70. The quantitative estimate of drug-likeness (QED) is 0.852. The summed E-state index contributed by atoms with van der Waals surface area (Å²) in [7, 11) is 0. The highest BCUT2D eigenvalue weighted by Crippen LogP contribution is 2.35. The Morgan fingerprint density at radius 1 is 1.10 bits per heavy atom. The van der Waals surface area contributed by atoms with E-state index in [0.29, 0.717) is 0 Å². The van der Waals surface area contributed by atoms with E-state index in [9.17, 15) is 9.59 Å². The number of piperazine rings is 1. The third-order valence-corrected chi connectivity index (χ3v) is 4.50. The third kappa shape index (κ3) is 1.99. The second-order valence-corrected chi connectivity index (χ2v) is 5.82. The Balaban J connectivity index is 1.99. The molecule has 1 aromatic rings. The van der Waals surface area contributed by atoms with Gasteiger partial charge in [0.05, 0.1) is 0 Å². The minimum atomic E-state index is -0.669. The number of carbonyl (C=O) groups is 2. The highest BCUT2D eigenvalue weighted by atomic mass is 16.2. The van der Waals surface area contributed by atoms with Gasteiger partial charge in [-0.2, -0.15) is 0 Å². The molecule has 1 aliphatic carbocycles. The molecule has 1 saturated heterocycles. The Hall–Kier alpha value is -1.84. The SMILES string of the molecule is CC1C(=O)NC2(CCCCC2)C(=O)N1c1ccccc1. The van der Waals surface area contributed by atoms with Crippen molar-refractivity contribution in [3.63, 3.8) is 0 Å². The molecule has 1 saturated carbocycles. The Kier molecular flexibility index (Phi) is 3.24. The number of carbonyl (C=O) groups excluding carboxylic acids is 2. The molecule has 20 heavy (non-hydrogen) atoms. The molecule has 1 atom stereocenters. The molecule has 4 nitrogen and oxygen atoms in total. The van der Waals surface area contributed by atoms with Gasteiger partial charge in [0.15, 0.2) is 0 Å². The fraction of sp³-hybridized carbons (Fsp3) is 0.500. The van der Waals surface area contributed by atoms with E-state index in [4.69, 9.17) is 0 Å². The smallest absolute Gasteiger partial charge is 0.253 e. The van der Waals surface area contributed by atoms with Crippen LogP contribution in [0.1, 0.15) is 39.0 Å². The average Bonchev–Trinajstić information content (AvgIpc) is 2.48. The fourth-order valence-electron chi connectivity index (χ4n) is 3.34. The predicted octanol–water partition coefficient (Wildman–Crippen LogP) is 2.24. The second-order valence-electron chi connectivity index (χ2n) is 5.82. The van der Waals surface area contributed by atoms with Crippen LogP contribution >= 0.6 is 0 Å². The molecule has 106 valence electrons. The van der Waals surface area contributed by atoms with E-state index < -0.39 is 11.6 Å². The van der Waals surface area contributed by atoms with Crippen LogP contribution in [0.5, 0.6) is 0 Å². The normalized spacial score (nSPS) is 25.6. The van der Waals surface area contributed by atoms with Gasteiger partial charge in [-0.15, -0.1) is 0 Å². The number of benzene rings is 1. The van der Waals surface area contributed by atoms with E-state index >= 15 is 0 Å². The van der Waals surface area contributed by atoms with Gasteiger partial charge in [0.25, 0.3) is 5.91 Å². The zero-order valence-corrected chi connectivity index (χ0v) is 11.8. The second kappa shape index (κ2) is 4.93. The maximum Gasteiger partial charge on any atom is 0.253 e. The molecule has 1 spiro atoms. The van der Waals surface area contributed by atoms with Gasteiger partial charge in [0.2, 0.25) is 5.91 Å². The maximum atomic E-state index is 13.0. The summed E-state index contributed by atoms with van der Waals surface area (Å²) in [5, 5.41) is 3.00. The van der Waals surface area contributed by atoms with Gasteiger partial charge in [0, 0.05) is 5.69 Å². The van der Waals surface area contributed by atoms with E-state index in [1.165, 1.54) is 0 Å². The van der Waals surface area contributed by atoms with Crippen LogP contribution in [0.15, 0.2) is 30.3 Å². The summed E-state index contributed by atoms with van der Waals surface area (Å²) < 4.78 is 0. The molecule has 0 bridgehead atoms. The molecule has 2 aliphatic rings. The first-order chi connectivity index (χ1) is 9.64. The molecular weight excluding hydrogens is 252 g/mol. The summed E-state index contributed by atoms with van der Waals surface area (Å²) >= 11 is 0. The van der Waals surface area contributed by atoms with E-state index in [2.05, 4.69) is 5.32 Å². The molecule has 1 aromatic carbocycles. The van der Waals surface area contributed by atoms with Gasteiger partial charge in [-0.25, -0.2) is 0 Å². The Labute approximate surface area is 119 Å². The van der Waals surface area contributed by atoms with Crippen molar-refractivity contribution in [3.05, 3.63) is 30.3 Å². The van der Waals surface area contributed by atoms with E-state index in [-0.39, 0.29) is 11.8 Å². The van der Waals surface area contributed by atoms with E-state index in [1.54, 1.807) is 11.8 Å². The van der Waals surface area contributed by atoms with Gasteiger partial charge >= 0.3 is 0 Å². The zero-order chi connectivity index (χ0) is 14.2. The third-order valence-electron chi connectivity index (χ3n) is 4.50. The van der Waals surface area contributed by atoms with Crippen LogP contribution in [0.25, 0.3) is 0 Å². The van der Waals surface area contributed by atoms with Crippen LogP contribution < -0.4 is 10.2 Å². The highest BCUT2D eigenvalue weighted by molar-refractivity contribution is 6.10. The molecule has 2 amide bonds. The monoisotopic (exact) mass is 272 g/mol. The molecule has 1 N–H and O–H groups in total. The molecular formula is C16H20N2O2. The number of amides is 2. The molecule has 0 aromatic heterocycles. The van der Waals surface area contributed by atoms with Crippen LogP contribution in [0.2, 0.25) is 0 Å². The lowest BCUT2D eigenvalue weighted by Gasteiger charge is -2.46. The summed E-state index contributed by atoms with van der Waals surface area (Å²) in [6, 6.07) is 9.05. The van der Waals surface area contributed by atoms with E-state index in [1.807, 2.05) is 30.3 Å². The van der Waals surface area contributed by atoms with Crippen LogP contribution in [-0.2, 0) is 9.59 Å². The lowest BCUT2D eigenvalue weighted by atomic mass is 9.78. The number of hydrogen-bond acceptors (Lipinski definition) is 2. The first-order valence-electron chi connectivity index (χ1n) is 7.35. The Morgan fingerprint density at radius 2 is 1.75 bits per heavy atom. The topological polar surface area (TPSA) is 49.4 Å². The summed E-state index contributed by atoms with van der Waals surface area (Å²) in [6.07, 6.45) is 4.67. The van der Waals surface area contributed by atoms with Gasteiger partial charge in [-0.3, -0.25) is 14.5 Å². The van der Waals surface area contributed by atoms with Crippen LogP contribution in [0.4, 0.5) is 5.69 Å². The molecule has 4 heteroatoms. The van der Waals surface area contributed by atoms with Crippen molar-refractivity contribution in [2.45, 2.75) is 50.6 Å². The molecule has 1 aliphatic heterocycles. The molecule has 1 heterocycles. The summed E-state index contributed by atoms with van der Waals surface area (Å²) in [5.41, 5.74) is 0.141. The summed E-state index contributed by atoms with van der Waals surface area (Å²) in [5.74, 6) is 0.00542. The van der Waals surface area contributed by atoms with Gasteiger partial charge in [-0.05, 0) is 31.9 Å². The van der Waals surface area contributed by atoms with Crippen LogP contribution in [-0.4, -0.2) is 23.4 Å².